The molecule has 0 aromatic carbocycles. The van der Waals surface area contributed by atoms with Crippen LogP contribution in [0.25, 0.3) is 0 Å². The van der Waals surface area contributed by atoms with E-state index in [1.165, 1.54) is 6.92 Å². The molecule has 82 valence electrons. The maximum atomic E-state index is 11.4. The topological polar surface area (TPSA) is 92.4 Å². The Balaban J connectivity index is 4.29. The number of aliphatic carboxylic acids is 1. The monoisotopic (exact) mass is 202 g/mol. The Hall–Kier alpha value is -1.10. The van der Waals surface area contributed by atoms with E-state index in [1.807, 2.05) is 20.8 Å². The first kappa shape index (κ1) is 12.9. The van der Waals surface area contributed by atoms with Crippen molar-refractivity contribution in [1.29, 1.82) is 0 Å². The Morgan fingerprint density at radius 3 is 2.07 bits per heavy atom. The lowest BCUT2D eigenvalue weighted by atomic mass is 9.87. The zero-order valence-electron chi connectivity index (χ0n) is 9.00. The van der Waals surface area contributed by atoms with Crippen molar-refractivity contribution in [3.05, 3.63) is 0 Å². The first-order chi connectivity index (χ1) is 6.16. The number of nitrogens with one attached hydrogen (secondary N) is 1. The van der Waals surface area contributed by atoms with Crippen LogP contribution >= 0.6 is 0 Å². The Morgan fingerprint density at radius 2 is 1.79 bits per heavy atom. The van der Waals surface area contributed by atoms with Crippen molar-refractivity contribution in [3.63, 3.8) is 0 Å². The van der Waals surface area contributed by atoms with Gasteiger partial charge in [-0.1, -0.05) is 20.8 Å². The van der Waals surface area contributed by atoms with E-state index in [-0.39, 0.29) is 5.41 Å². The van der Waals surface area contributed by atoms with Gasteiger partial charge in [-0.15, -0.1) is 0 Å². The maximum Gasteiger partial charge on any atom is 0.325 e. The number of carbonyl (C=O) groups excluding carboxylic acids is 1. The highest BCUT2D eigenvalue weighted by molar-refractivity contribution is 5.87. The van der Waals surface area contributed by atoms with E-state index in [1.54, 1.807) is 0 Å². The van der Waals surface area contributed by atoms with Crippen molar-refractivity contribution < 1.29 is 14.7 Å². The number of rotatable bonds is 3. The van der Waals surface area contributed by atoms with Crippen molar-refractivity contribution in [2.45, 2.75) is 39.8 Å². The van der Waals surface area contributed by atoms with E-state index in [2.05, 4.69) is 5.32 Å². The molecule has 5 nitrogen and oxygen atoms in total. The molecule has 0 saturated carbocycles. The number of carboxylic acids is 1. The van der Waals surface area contributed by atoms with Gasteiger partial charge in [0.2, 0.25) is 5.91 Å². The summed E-state index contributed by atoms with van der Waals surface area (Å²) in [7, 11) is 0. The first-order valence-corrected chi connectivity index (χ1v) is 4.45. The fourth-order valence-electron chi connectivity index (χ4n) is 0.758. The summed E-state index contributed by atoms with van der Waals surface area (Å²) in [5, 5.41) is 10.9. The smallest absolute Gasteiger partial charge is 0.325 e. The van der Waals surface area contributed by atoms with Crippen LogP contribution in [0.3, 0.4) is 0 Å². The lowest BCUT2D eigenvalue weighted by molar-refractivity contribution is -0.141. The van der Waals surface area contributed by atoms with Gasteiger partial charge in [-0.2, -0.15) is 0 Å². The van der Waals surface area contributed by atoms with Crippen molar-refractivity contribution in [2.24, 2.45) is 11.1 Å². The fourth-order valence-corrected chi connectivity index (χ4v) is 0.758. The van der Waals surface area contributed by atoms with Gasteiger partial charge in [0.25, 0.3) is 0 Å². The predicted molar refractivity (Wildman–Crippen MR) is 52.7 cm³/mol. The van der Waals surface area contributed by atoms with Gasteiger partial charge in [-0.3, -0.25) is 9.59 Å². The van der Waals surface area contributed by atoms with Crippen LogP contribution in [0.5, 0.6) is 0 Å². The second-order valence-corrected chi connectivity index (χ2v) is 4.41. The lowest BCUT2D eigenvalue weighted by Crippen LogP contribution is -2.52. The largest absolute Gasteiger partial charge is 0.480 e. The van der Waals surface area contributed by atoms with E-state index in [0.717, 1.165) is 0 Å². The SMILES string of the molecule is C[C@@H](NC(=O)[C@H](N)C(C)(C)C)C(=O)O. The Bertz CT molecular complexity index is 233. The van der Waals surface area contributed by atoms with Gasteiger partial charge >= 0.3 is 5.97 Å². The van der Waals surface area contributed by atoms with Crippen LogP contribution in [-0.4, -0.2) is 29.1 Å². The molecule has 0 aliphatic carbocycles. The van der Waals surface area contributed by atoms with Gasteiger partial charge in [0, 0.05) is 0 Å². The van der Waals surface area contributed by atoms with Crippen LogP contribution < -0.4 is 11.1 Å². The number of hydrogen-bond donors (Lipinski definition) is 3. The van der Waals surface area contributed by atoms with Gasteiger partial charge < -0.3 is 16.2 Å². The van der Waals surface area contributed by atoms with Gasteiger partial charge in [0.05, 0.1) is 6.04 Å². The summed E-state index contributed by atoms with van der Waals surface area (Å²) < 4.78 is 0. The molecule has 0 bridgehead atoms. The summed E-state index contributed by atoms with van der Waals surface area (Å²) in [6.07, 6.45) is 0. The molecule has 0 fully saturated rings. The van der Waals surface area contributed by atoms with Gasteiger partial charge in [-0.25, -0.2) is 0 Å². The van der Waals surface area contributed by atoms with Gasteiger partial charge in [0.1, 0.15) is 6.04 Å². The van der Waals surface area contributed by atoms with Crippen molar-refractivity contribution in [3.8, 4) is 0 Å². The zero-order valence-corrected chi connectivity index (χ0v) is 9.00. The van der Waals surface area contributed by atoms with Crippen molar-refractivity contribution in [2.75, 3.05) is 0 Å². The highest BCUT2D eigenvalue weighted by Crippen LogP contribution is 2.17. The highest BCUT2D eigenvalue weighted by atomic mass is 16.4. The normalized spacial score (nSPS) is 15.8. The van der Waals surface area contributed by atoms with Crippen LogP contribution in [0.2, 0.25) is 0 Å². The van der Waals surface area contributed by atoms with E-state index < -0.39 is 24.0 Å². The number of amides is 1. The quantitative estimate of drug-likeness (QED) is 0.598. The van der Waals surface area contributed by atoms with Gasteiger partial charge in [0.15, 0.2) is 0 Å². The Kier molecular flexibility index (Phi) is 4.07. The third kappa shape index (κ3) is 3.74. The third-order valence-corrected chi connectivity index (χ3v) is 1.94. The summed E-state index contributed by atoms with van der Waals surface area (Å²) in [5.41, 5.74) is 5.27. The van der Waals surface area contributed by atoms with Crippen molar-refractivity contribution in [1.82, 2.24) is 5.32 Å². The molecule has 5 heteroatoms. The molecule has 0 radical (unpaired) electrons. The van der Waals surface area contributed by atoms with Crippen LogP contribution in [-0.2, 0) is 9.59 Å². The van der Waals surface area contributed by atoms with Crippen LogP contribution in [0, 0.1) is 5.41 Å². The zero-order chi connectivity index (χ0) is 11.5. The number of carboxylic acid groups (broad SMARTS) is 1. The first-order valence-electron chi connectivity index (χ1n) is 4.45. The molecule has 4 N–H and O–H groups in total. The molecule has 0 spiro atoms. The molecule has 0 aliphatic heterocycles. The number of nitrogens with two attached hydrogens (primary N) is 1. The third-order valence-electron chi connectivity index (χ3n) is 1.94. The van der Waals surface area contributed by atoms with E-state index >= 15 is 0 Å². The van der Waals surface area contributed by atoms with Crippen LogP contribution in [0.1, 0.15) is 27.7 Å². The average Bonchev–Trinajstić information content (AvgIpc) is 2.00. The molecule has 0 saturated heterocycles. The minimum absolute atomic E-state index is 0.373. The summed E-state index contributed by atoms with van der Waals surface area (Å²) >= 11 is 0. The van der Waals surface area contributed by atoms with Crippen LogP contribution in [0.15, 0.2) is 0 Å². The summed E-state index contributed by atoms with van der Waals surface area (Å²) in [4.78, 5) is 21.9. The maximum absolute atomic E-state index is 11.4. The number of carbonyl (C=O) groups is 2. The molecule has 0 unspecified atom stereocenters. The Labute approximate surface area is 83.7 Å². The minimum Gasteiger partial charge on any atom is -0.480 e. The standard InChI is InChI=1S/C9H18N2O3/c1-5(8(13)14)11-7(12)6(10)9(2,3)4/h5-6H,10H2,1-4H3,(H,11,12)(H,13,14)/t5-,6+/m1/s1. The molecule has 14 heavy (non-hydrogen) atoms. The molecule has 0 heterocycles. The fraction of sp³-hybridized carbons (Fsp3) is 0.778. The van der Waals surface area contributed by atoms with E-state index in [4.69, 9.17) is 10.8 Å². The summed E-state index contributed by atoms with van der Waals surface area (Å²) in [6, 6.07) is -1.61. The molecule has 0 aromatic rings. The molecule has 2 atom stereocenters. The second kappa shape index (κ2) is 4.41. The molecular weight excluding hydrogens is 184 g/mol. The summed E-state index contributed by atoms with van der Waals surface area (Å²) in [6.45, 7) is 6.86. The molecule has 1 amide bonds. The molecule has 0 aliphatic rings. The van der Waals surface area contributed by atoms with E-state index in [9.17, 15) is 9.59 Å². The summed E-state index contributed by atoms with van der Waals surface area (Å²) in [5.74, 6) is -1.51. The predicted octanol–water partition coefficient (Wildman–Crippen LogP) is -0.0509. The van der Waals surface area contributed by atoms with Gasteiger partial charge in [-0.05, 0) is 12.3 Å². The average molecular weight is 202 g/mol. The molecule has 0 rings (SSSR count). The highest BCUT2D eigenvalue weighted by Gasteiger charge is 2.29. The molecular formula is C9H18N2O3. The minimum atomic E-state index is -1.07. The van der Waals surface area contributed by atoms with Crippen molar-refractivity contribution >= 4 is 11.9 Å². The molecule has 0 aromatic heterocycles. The second-order valence-electron chi connectivity index (χ2n) is 4.41. The van der Waals surface area contributed by atoms with E-state index in [0.29, 0.717) is 0 Å². The Morgan fingerprint density at radius 1 is 1.36 bits per heavy atom. The lowest BCUT2D eigenvalue weighted by Gasteiger charge is -2.26. The number of hydrogen-bond acceptors (Lipinski definition) is 3. The van der Waals surface area contributed by atoms with Crippen LogP contribution in [0.4, 0.5) is 0 Å².